The predicted molar refractivity (Wildman–Crippen MR) is 140 cm³/mol. The van der Waals surface area contributed by atoms with Crippen LogP contribution < -0.4 is 20.1 Å². The van der Waals surface area contributed by atoms with Crippen molar-refractivity contribution in [3.63, 3.8) is 0 Å². The lowest BCUT2D eigenvalue weighted by atomic mass is 10.1. The first-order chi connectivity index (χ1) is 18.7. The van der Waals surface area contributed by atoms with Crippen LogP contribution in [0.25, 0.3) is 11.0 Å². The number of nitrogens with one attached hydrogen (secondary N) is 4. The maximum absolute atomic E-state index is 13.0. The van der Waals surface area contributed by atoms with Gasteiger partial charge in [0.2, 0.25) is 5.91 Å². The summed E-state index contributed by atoms with van der Waals surface area (Å²) in [5, 5.41) is 18.0. The normalized spacial score (nSPS) is 15.4. The third kappa shape index (κ3) is 5.50. The van der Waals surface area contributed by atoms with Crippen molar-refractivity contribution in [1.82, 2.24) is 20.0 Å². The lowest BCUT2D eigenvalue weighted by Gasteiger charge is -2.23. The Balaban J connectivity index is 1.37. The van der Waals surface area contributed by atoms with Gasteiger partial charge in [0.1, 0.15) is 28.9 Å². The minimum atomic E-state index is -4.52. The number of nitrogens with zero attached hydrogens (tertiary/aromatic N) is 2. The van der Waals surface area contributed by atoms with Gasteiger partial charge in [0.15, 0.2) is 0 Å². The Labute approximate surface area is 221 Å². The van der Waals surface area contributed by atoms with Crippen LogP contribution in [0.1, 0.15) is 23.2 Å². The number of piperidine rings is 1. The quantitative estimate of drug-likeness (QED) is 0.189. The maximum atomic E-state index is 13.0. The van der Waals surface area contributed by atoms with Gasteiger partial charge in [-0.05, 0) is 49.2 Å². The highest BCUT2D eigenvalue weighted by Gasteiger charge is 2.28. The number of ether oxygens (including phenoxy) is 1. The molecule has 0 unspecified atom stereocenters. The molecule has 1 saturated heterocycles. The molecule has 2 aromatic heterocycles. The van der Waals surface area contributed by atoms with Crippen molar-refractivity contribution in [3.8, 4) is 11.5 Å². The molecule has 0 saturated carbocycles. The van der Waals surface area contributed by atoms with E-state index >= 15 is 0 Å². The maximum Gasteiger partial charge on any atom is 0.293 e. The van der Waals surface area contributed by atoms with Crippen LogP contribution in [0.2, 0.25) is 0 Å². The Morgan fingerprint density at radius 2 is 1.97 bits per heavy atom. The second kappa shape index (κ2) is 10.4. The number of fused-ring (bicyclic) bond motifs is 1. The van der Waals surface area contributed by atoms with E-state index in [4.69, 9.17) is 4.74 Å². The Morgan fingerprint density at radius 1 is 1.15 bits per heavy atom. The molecule has 0 bridgehead atoms. The van der Waals surface area contributed by atoms with E-state index in [0.29, 0.717) is 30.8 Å². The largest absolute Gasteiger partial charge is 0.455 e. The van der Waals surface area contributed by atoms with Crippen LogP contribution in [-0.4, -0.2) is 47.7 Å². The molecule has 2 aromatic carbocycles. The molecule has 14 heteroatoms. The van der Waals surface area contributed by atoms with Crippen molar-refractivity contribution in [2.75, 3.05) is 11.9 Å². The standard InChI is InChI=1S/C25H22N6O7S/c32-24(18-4-1-2-6-22(18)38-16-12-15-9-11-26-23(15)28-14-16)30-39(36,37)17-7-8-19(21(13-17)31(34)35)29-20-5-3-10-27-25(20)33/h1-2,4,6-9,11-14,20,29H,3,5,10H2,(H,26,28)(H,27,33)(H,30,32)/t20-/m0/s1. The van der Waals surface area contributed by atoms with E-state index in [9.17, 15) is 28.1 Å². The predicted octanol–water partition coefficient (Wildman–Crippen LogP) is 3.07. The number of H-pyrrole nitrogens is 1. The summed E-state index contributed by atoms with van der Waals surface area (Å²) in [7, 11) is -4.52. The number of sulfonamides is 1. The number of anilines is 1. The van der Waals surface area contributed by atoms with Gasteiger partial charge in [-0.3, -0.25) is 19.7 Å². The van der Waals surface area contributed by atoms with Crippen LogP contribution in [0.5, 0.6) is 11.5 Å². The van der Waals surface area contributed by atoms with Gasteiger partial charge in [-0.2, -0.15) is 0 Å². The molecule has 39 heavy (non-hydrogen) atoms. The molecule has 5 rings (SSSR count). The Kier molecular flexibility index (Phi) is 6.85. The van der Waals surface area contributed by atoms with Gasteiger partial charge >= 0.3 is 0 Å². The summed E-state index contributed by atoms with van der Waals surface area (Å²) < 4.78 is 33.8. The highest BCUT2D eigenvalue weighted by Crippen LogP contribution is 2.30. The Hall–Kier alpha value is -4.98. The van der Waals surface area contributed by atoms with E-state index in [1.807, 2.05) is 4.72 Å². The smallest absolute Gasteiger partial charge is 0.293 e. The van der Waals surface area contributed by atoms with Crippen LogP contribution in [0.15, 0.2) is 71.9 Å². The number of amides is 2. The SMILES string of the molecule is O=C(NS(=O)(=O)c1ccc(N[C@H]2CCCNC2=O)c([N+](=O)[O-])c1)c1ccccc1Oc1cnc2[nH]ccc2c1. The molecule has 1 aliphatic rings. The molecule has 13 nitrogen and oxygen atoms in total. The van der Waals surface area contributed by atoms with Crippen molar-refractivity contribution in [2.45, 2.75) is 23.8 Å². The first kappa shape index (κ1) is 25.7. The van der Waals surface area contributed by atoms with Gasteiger partial charge in [-0.25, -0.2) is 18.1 Å². The average Bonchev–Trinajstić information content (AvgIpc) is 3.38. The van der Waals surface area contributed by atoms with E-state index in [1.54, 1.807) is 24.4 Å². The molecule has 2 amide bonds. The second-order valence-corrected chi connectivity index (χ2v) is 10.4. The minimum Gasteiger partial charge on any atom is -0.455 e. The summed E-state index contributed by atoms with van der Waals surface area (Å²) >= 11 is 0. The zero-order valence-electron chi connectivity index (χ0n) is 20.2. The number of nitro groups is 1. The minimum absolute atomic E-state index is 0.0147. The number of rotatable bonds is 8. The number of aromatic nitrogens is 2. The van der Waals surface area contributed by atoms with Crippen LogP contribution >= 0.6 is 0 Å². The molecule has 1 fully saturated rings. The van der Waals surface area contributed by atoms with Crippen molar-refractivity contribution in [3.05, 3.63) is 82.7 Å². The number of benzene rings is 2. The molecule has 0 radical (unpaired) electrons. The number of hydrogen-bond acceptors (Lipinski definition) is 9. The Bertz CT molecular complexity index is 1700. The number of carbonyl (C=O) groups excluding carboxylic acids is 2. The summed E-state index contributed by atoms with van der Waals surface area (Å²) in [6.07, 6.45) is 4.33. The topological polar surface area (TPSA) is 185 Å². The lowest BCUT2D eigenvalue weighted by Crippen LogP contribution is -2.44. The van der Waals surface area contributed by atoms with Gasteiger partial charge in [-0.1, -0.05) is 12.1 Å². The van der Waals surface area contributed by atoms with Gasteiger partial charge in [0.05, 0.1) is 21.6 Å². The first-order valence-corrected chi connectivity index (χ1v) is 13.3. The zero-order valence-corrected chi connectivity index (χ0v) is 21.0. The van der Waals surface area contributed by atoms with E-state index in [1.165, 1.54) is 30.5 Å². The number of carbonyl (C=O) groups is 2. The third-order valence-corrected chi connectivity index (χ3v) is 7.38. The second-order valence-electron chi connectivity index (χ2n) is 8.69. The molecule has 200 valence electrons. The fourth-order valence-electron chi connectivity index (χ4n) is 4.13. The molecule has 4 N–H and O–H groups in total. The van der Waals surface area contributed by atoms with Crippen LogP contribution in [0.4, 0.5) is 11.4 Å². The molecule has 4 aromatic rings. The molecule has 3 heterocycles. The van der Waals surface area contributed by atoms with Crippen molar-refractivity contribution < 1.29 is 27.7 Å². The molecular weight excluding hydrogens is 528 g/mol. The highest BCUT2D eigenvalue weighted by atomic mass is 32.2. The summed E-state index contributed by atoms with van der Waals surface area (Å²) in [5.41, 5.74) is 0.00211. The van der Waals surface area contributed by atoms with Gasteiger partial charge < -0.3 is 20.4 Å². The molecule has 0 aliphatic carbocycles. The number of hydrogen-bond donors (Lipinski definition) is 4. The fourth-order valence-corrected chi connectivity index (χ4v) is 5.12. The fraction of sp³-hybridized carbons (Fsp3) is 0.160. The van der Waals surface area contributed by atoms with Crippen LogP contribution in [0.3, 0.4) is 0 Å². The average molecular weight is 551 g/mol. The monoisotopic (exact) mass is 550 g/mol. The number of aromatic amines is 1. The first-order valence-electron chi connectivity index (χ1n) is 11.8. The molecule has 1 atom stereocenters. The van der Waals surface area contributed by atoms with Gasteiger partial charge in [0.25, 0.3) is 21.6 Å². The van der Waals surface area contributed by atoms with Crippen molar-refractivity contribution in [1.29, 1.82) is 0 Å². The van der Waals surface area contributed by atoms with E-state index in [2.05, 4.69) is 20.6 Å². The summed E-state index contributed by atoms with van der Waals surface area (Å²) in [4.78, 5) is 42.7. The van der Waals surface area contributed by atoms with Crippen molar-refractivity contribution in [2.24, 2.45) is 0 Å². The van der Waals surface area contributed by atoms with Gasteiger partial charge in [0, 0.05) is 24.2 Å². The number of para-hydroxylation sites is 1. The van der Waals surface area contributed by atoms with Crippen molar-refractivity contribution >= 4 is 44.2 Å². The van der Waals surface area contributed by atoms with E-state index < -0.39 is 37.5 Å². The lowest BCUT2D eigenvalue weighted by molar-refractivity contribution is -0.384. The number of nitro benzene ring substituents is 1. The van der Waals surface area contributed by atoms with Gasteiger partial charge in [-0.15, -0.1) is 0 Å². The summed E-state index contributed by atoms with van der Waals surface area (Å²) in [6.45, 7) is 0.517. The Morgan fingerprint density at radius 3 is 2.77 bits per heavy atom. The van der Waals surface area contributed by atoms with E-state index in [-0.39, 0.29) is 22.9 Å². The molecule has 1 aliphatic heterocycles. The number of pyridine rings is 1. The van der Waals surface area contributed by atoms with Crippen LogP contribution in [-0.2, 0) is 14.8 Å². The third-order valence-electron chi connectivity index (χ3n) is 6.05. The molecular formula is C25H22N6O7S. The highest BCUT2D eigenvalue weighted by molar-refractivity contribution is 7.90. The van der Waals surface area contributed by atoms with E-state index in [0.717, 1.165) is 17.5 Å². The summed E-state index contributed by atoms with van der Waals surface area (Å²) in [5.74, 6) is -0.886. The zero-order chi connectivity index (χ0) is 27.6. The van der Waals surface area contributed by atoms with Crippen LogP contribution in [0, 0.1) is 10.1 Å². The molecule has 0 spiro atoms. The summed E-state index contributed by atoms with van der Waals surface area (Å²) in [6, 6.07) is 12.0.